The van der Waals surface area contributed by atoms with E-state index < -0.39 is 0 Å². The third-order valence-electron chi connectivity index (χ3n) is 1.92. The van der Waals surface area contributed by atoms with Gasteiger partial charge in [0, 0.05) is 4.90 Å². The fourth-order valence-corrected chi connectivity index (χ4v) is 2.61. The summed E-state index contributed by atoms with van der Waals surface area (Å²) < 4.78 is 14.0. The first-order valence-electron chi connectivity index (χ1n) is 3.97. The highest BCUT2D eigenvalue weighted by Crippen LogP contribution is 2.30. The van der Waals surface area contributed by atoms with Crippen molar-refractivity contribution in [1.29, 1.82) is 0 Å². The number of thiophene rings is 1. The molecule has 0 aliphatic heterocycles. The van der Waals surface area contributed by atoms with Crippen molar-refractivity contribution in [2.75, 3.05) is 6.26 Å². The molecular formula is C10H7FOS2. The first-order valence-corrected chi connectivity index (χ1v) is 6.01. The van der Waals surface area contributed by atoms with E-state index in [1.807, 2.05) is 12.3 Å². The van der Waals surface area contributed by atoms with Gasteiger partial charge >= 0.3 is 0 Å². The summed E-state index contributed by atoms with van der Waals surface area (Å²) >= 11 is 2.68. The van der Waals surface area contributed by atoms with Crippen LogP contribution >= 0.6 is 23.1 Å². The van der Waals surface area contributed by atoms with Gasteiger partial charge in [-0.25, -0.2) is 4.39 Å². The normalized spacial score (nSPS) is 10.7. The van der Waals surface area contributed by atoms with Crippen LogP contribution in [-0.4, -0.2) is 12.5 Å². The molecule has 0 spiro atoms. The maximum Gasteiger partial charge on any atom is 0.160 e. The van der Waals surface area contributed by atoms with E-state index in [-0.39, 0.29) is 5.82 Å². The zero-order valence-corrected chi connectivity index (χ0v) is 9.05. The van der Waals surface area contributed by atoms with E-state index in [2.05, 4.69) is 0 Å². The third-order valence-corrected chi connectivity index (χ3v) is 3.71. The molecule has 0 bridgehead atoms. The van der Waals surface area contributed by atoms with Gasteiger partial charge in [-0.2, -0.15) is 0 Å². The second kappa shape index (κ2) is 3.71. The summed E-state index contributed by atoms with van der Waals surface area (Å²) in [5, 5.41) is 0.807. The second-order valence-corrected chi connectivity index (χ2v) is 4.76. The predicted octanol–water partition coefficient (Wildman–Crippen LogP) is 3.57. The number of hydrogen-bond donors (Lipinski definition) is 0. The Kier molecular flexibility index (Phi) is 2.56. The molecule has 2 rings (SSSR count). The average Bonchev–Trinajstić information content (AvgIpc) is 2.61. The van der Waals surface area contributed by atoms with Gasteiger partial charge in [0.15, 0.2) is 6.29 Å². The van der Waals surface area contributed by atoms with E-state index in [0.29, 0.717) is 9.58 Å². The largest absolute Gasteiger partial charge is 0.297 e. The van der Waals surface area contributed by atoms with Crippen molar-refractivity contribution < 1.29 is 9.18 Å². The molecule has 4 heteroatoms. The number of carbonyl (C=O) groups excluding carboxylic acids is 1. The predicted molar refractivity (Wildman–Crippen MR) is 59.0 cm³/mol. The van der Waals surface area contributed by atoms with E-state index in [1.54, 1.807) is 6.07 Å². The quantitative estimate of drug-likeness (QED) is 0.575. The van der Waals surface area contributed by atoms with Gasteiger partial charge in [0.2, 0.25) is 0 Å². The maximum atomic E-state index is 13.5. The van der Waals surface area contributed by atoms with Crippen LogP contribution in [0, 0.1) is 5.82 Å². The lowest BCUT2D eigenvalue weighted by Crippen LogP contribution is -1.75. The fourth-order valence-electron chi connectivity index (χ4n) is 1.28. The molecule has 1 nitrogen and oxygen atoms in total. The minimum Gasteiger partial charge on any atom is -0.297 e. The molecule has 0 N–H and O–H groups in total. The molecule has 0 saturated carbocycles. The number of halogens is 1. The third kappa shape index (κ3) is 1.55. The molecule has 72 valence electrons. The van der Waals surface area contributed by atoms with Gasteiger partial charge in [-0.05, 0) is 29.8 Å². The minimum atomic E-state index is -0.245. The van der Waals surface area contributed by atoms with Gasteiger partial charge in [-0.15, -0.1) is 23.1 Å². The molecule has 1 heterocycles. The number of aldehydes is 1. The van der Waals surface area contributed by atoms with Crippen LogP contribution in [-0.2, 0) is 0 Å². The Morgan fingerprint density at radius 3 is 2.86 bits per heavy atom. The van der Waals surface area contributed by atoms with Crippen molar-refractivity contribution in [2.45, 2.75) is 4.90 Å². The van der Waals surface area contributed by atoms with Gasteiger partial charge in [0.1, 0.15) is 5.82 Å². The highest BCUT2D eigenvalue weighted by molar-refractivity contribution is 7.98. The minimum absolute atomic E-state index is 0.245. The molecule has 0 aliphatic rings. The Balaban J connectivity index is 2.73. The highest BCUT2D eigenvalue weighted by atomic mass is 32.2. The van der Waals surface area contributed by atoms with Crippen molar-refractivity contribution in [3.8, 4) is 0 Å². The van der Waals surface area contributed by atoms with Crippen molar-refractivity contribution in [3.05, 3.63) is 28.9 Å². The lowest BCUT2D eigenvalue weighted by Gasteiger charge is -1.97. The van der Waals surface area contributed by atoms with E-state index in [1.165, 1.54) is 29.2 Å². The molecule has 1 aromatic carbocycles. The summed E-state index contributed by atoms with van der Waals surface area (Å²) in [6, 6.07) is 5.11. The lowest BCUT2D eigenvalue weighted by atomic mass is 10.2. The van der Waals surface area contributed by atoms with Crippen LogP contribution in [0.1, 0.15) is 9.67 Å². The monoisotopic (exact) mass is 226 g/mol. The van der Waals surface area contributed by atoms with Gasteiger partial charge in [-0.1, -0.05) is 0 Å². The van der Waals surface area contributed by atoms with Crippen molar-refractivity contribution in [1.82, 2.24) is 0 Å². The molecule has 0 amide bonds. The SMILES string of the molecule is CSc1cc(F)c2sc(C=O)cc2c1. The van der Waals surface area contributed by atoms with E-state index in [4.69, 9.17) is 0 Å². The summed E-state index contributed by atoms with van der Waals surface area (Å²) in [7, 11) is 0. The van der Waals surface area contributed by atoms with E-state index >= 15 is 0 Å². The zero-order valence-electron chi connectivity index (χ0n) is 7.41. The molecule has 14 heavy (non-hydrogen) atoms. The Hall–Kier alpha value is -0.870. The number of benzene rings is 1. The summed E-state index contributed by atoms with van der Waals surface area (Å²) in [5.41, 5.74) is 0. The van der Waals surface area contributed by atoms with Crippen molar-refractivity contribution >= 4 is 39.5 Å². The van der Waals surface area contributed by atoms with Gasteiger partial charge in [-0.3, -0.25) is 4.79 Å². The Labute approximate surface area is 88.9 Å². The van der Waals surface area contributed by atoms with Crippen LogP contribution in [0.25, 0.3) is 10.1 Å². The van der Waals surface area contributed by atoms with E-state index in [0.717, 1.165) is 16.6 Å². The zero-order chi connectivity index (χ0) is 10.1. The molecule has 2 aromatic rings. The van der Waals surface area contributed by atoms with Crippen LogP contribution in [0.15, 0.2) is 23.1 Å². The van der Waals surface area contributed by atoms with Crippen LogP contribution < -0.4 is 0 Å². The number of carbonyl (C=O) groups is 1. The van der Waals surface area contributed by atoms with Gasteiger partial charge in [0.05, 0.1) is 9.58 Å². The average molecular weight is 226 g/mol. The summed E-state index contributed by atoms with van der Waals surface area (Å²) in [6.45, 7) is 0. The first kappa shape index (κ1) is 9.68. The smallest absolute Gasteiger partial charge is 0.160 e. The first-order chi connectivity index (χ1) is 6.74. The molecule has 0 saturated heterocycles. The van der Waals surface area contributed by atoms with Crippen LogP contribution in [0.3, 0.4) is 0 Å². The standard InChI is InChI=1S/C10H7FOS2/c1-13-7-2-6-3-8(5-12)14-10(6)9(11)4-7/h2-5H,1H3. The molecular weight excluding hydrogens is 219 g/mol. The molecule has 0 radical (unpaired) electrons. The van der Waals surface area contributed by atoms with Crippen molar-refractivity contribution in [2.24, 2.45) is 0 Å². The lowest BCUT2D eigenvalue weighted by molar-refractivity contribution is 0.112. The van der Waals surface area contributed by atoms with Gasteiger partial charge in [0.25, 0.3) is 0 Å². The molecule has 0 aliphatic carbocycles. The number of hydrogen-bond acceptors (Lipinski definition) is 3. The van der Waals surface area contributed by atoms with E-state index in [9.17, 15) is 9.18 Å². The molecule has 1 aromatic heterocycles. The second-order valence-electron chi connectivity index (χ2n) is 2.79. The number of thioether (sulfide) groups is 1. The number of rotatable bonds is 2. The maximum absolute atomic E-state index is 13.5. The fraction of sp³-hybridized carbons (Fsp3) is 0.100. The summed E-state index contributed by atoms with van der Waals surface area (Å²) in [5.74, 6) is -0.245. The van der Waals surface area contributed by atoms with Crippen LogP contribution in [0.5, 0.6) is 0 Å². The molecule has 0 atom stereocenters. The Morgan fingerprint density at radius 1 is 1.43 bits per heavy atom. The topological polar surface area (TPSA) is 17.1 Å². The number of fused-ring (bicyclic) bond motifs is 1. The Morgan fingerprint density at radius 2 is 2.21 bits per heavy atom. The Bertz CT molecular complexity index is 490. The van der Waals surface area contributed by atoms with Crippen LogP contribution in [0.2, 0.25) is 0 Å². The van der Waals surface area contributed by atoms with Gasteiger partial charge < -0.3 is 0 Å². The van der Waals surface area contributed by atoms with Crippen molar-refractivity contribution in [3.63, 3.8) is 0 Å². The summed E-state index contributed by atoms with van der Waals surface area (Å²) in [4.78, 5) is 12.0. The molecule has 0 unspecified atom stereocenters. The summed E-state index contributed by atoms with van der Waals surface area (Å²) in [6.07, 6.45) is 2.65. The highest BCUT2D eigenvalue weighted by Gasteiger charge is 2.07. The molecule has 0 fully saturated rings. The van der Waals surface area contributed by atoms with Crippen LogP contribution in [0.4, 0.5) is 4.39 Å².